The van der Waals surface area contributed by atoms with Crippen molar-refractivity contribution in [2.24, 2.45) is 0 Å². The molecule has 0 aliphatic rings. The maximum atomic E-state index is 13.3. The quantitative estimate of drug-likeness (QED) is 0.798. The Balaban J connectivity index is 2.36. The summed E-state index contributed by atoms with van der Waals surface area (Å²) in [5, 5.41) is 8.50. The molecule has 0 aromatic heterocycles. The number of sulfonamides is 1. The number of hydrogen-bond donors (Lipinski definition) is 0. The molecular weight excluding hydrogens is 339 g/mol. The van der Waals surface area contributed by atoms with Crippen LogP contribution >= 0.6 is 11.6 Å². The zero-order valence-electron chi connectivity index (χ0n) is 12.1. The summed E-state index contributed by atoms with van der Waals surface area (Å²) in [6.45, 7) is 0.169. The predicted octanol–water partition coefficient (Wildman–Crippen LogP) is 3.58. The lowest BCUT2D eigenvalue weighted by Crippen LogP contribution is -2.31. The number of benzene rings is 2. The topological polar surface area (TPSA) is 61.2 Å². The van der Waals surface area contributed by atoms with Crippen molar-refractivity contribution in [1.82, 2.24) is 4.31 Å². The van der Waals surface area contributed by atoms with Gasteiger partial charge in [0, 0.05) is 19.5 Å². The molecule has 7 heteroatoms. The maximum Gasteiger partial charge on any atom is 0.243 e. The van der Waals surface area contributed by atoms with Crippen LogP contribution in [0.5, 0.6) is 0 Å². The second kappa shape index (κ2) is 7.55. The molecule has 120 valence electrons. The number of halogens is 2. The third-order valence-electron chi connectivity index (χ3n) is 3.20. The minimum atomic E-state index is -3.88. The Bertz CT molecular complexity index is 820. The van der Waals surface area contributed by atoms with Crippen LogP contribution < -0.4 is 0 Å². The Labute approximate surface area is 139 Å². The van der Waals surface area contributed by atoms with Crippen molar-refractivity contribution >= 4 is 21.6 Å². The highest BCUT2D eigenvalue weighted by molar-refractivity contribution is 7.89. The van der Waals surface area contributed by atoms with E-state index < -0.39 is 15.8 Å². The molecule has 0 heterocycles. The number of nitrogens with zero attached hydrogens (tertiary/aromatic N) is 2. The highest BCUT2D eigenvalue weighted by Gasteiger charge is 2.25. The first kappa shape index (κ1) is 17.4. The smallest absolute Gasteiger partial charge is 0.207 e. The van der Waals surface area contributed by atoms with Gasteiger partial charge in [0.15, 0.2) is 0 Å². The Morgan fingerprint density at radius 1 is 1.17 bits per heavy atom. The second-order valence-electron chi connectivity index (χ2n) is 4.81. The molecule has 2 rings (SSSR count). The maximum absolute atomic E-state index is 13.3. The monoisotopic (exact) mass is 352 g/mol. The molecule has 23 heavy (non-hydrogen) atoms. The highest BCUT2D eigenvalue weighted by atomic mass is 35.5. The lowest BCUT2D eigenvalue weighted by atomic mass is 10.2. The van der Waals surface area contributed by atoms with E-state index in [1.165, 1.54) is 10.4 Å². The van der Waals surface area contributed by atoms with Gasteiger partial charge in [-0.25, -0.2) is 12.8 Å². The van der Waals surface area contributed by atoms with Crippen molar-refractivity contribution in [1.29, 1.82) is 5.26 Å². The Morgan fingerprint density at radius 3 is 2.48 bits per heavy atom. The van der Waals surface area contributed by atoms with Crippen LogP contribution in [0.1, 0.15) is 12.0 Å². The van der Waals surface area contributed by atoms with E-state index in [4.69, 9.17) is 16.9 Å². The fourth-order valence-electron chi connectivity index (χ4n) is 2.03. The van der Waals surface area contributed by atoms with E-state index in [-0.39, 0.29) is 29.4 Å². The largest absolute Gasteiger partial charge is 0.243 e. The van der Waals surface area contributed by atoms with Crippen LogP contribution in [-0.4, -0.2) is 19.3 Å². The molecule has 4 nitrogen and oxygen atoms in total. The predicted molar refractivity (Wildman–Crippen MR) is 85.7 cm³/mol. The third-order valence-corrected chi connectivity index (χ3v) is 5.33. The van der Waals surface area contributed by atoms with Gasteiger partial charge in [0.1, 0.15) is 5.82 Å². The van der Waals surface area contributed by atoms with E-state index >= 15 is 0 Å². The zero-order valence-corrected chi connectivity index (χ0v) is 13.7. The van der Waals surface area contributed by atoms with Crippen LogP contribution in [0.2, 0.25) is 5.02 Å². The molecule has 0 saturated carbocycles. The minimum Gasteiger partial charge on any atom is -0.207 e. The molecule has 0 unspecified atom stereocenters. The van der Waals surface area contributed by atoms with Crippen LogP contribution in [0.4, 0.5) is 4.39 Å². The number of hydrogen-bond acceptors (Lipinski definition) is 3. The minimum absolute atomic E-state index is 0.0444. The van der Waals surface area contributed by atoms with Crippen LogP contribution in [0.25, 0.3) is 0 Å². The molecule has 0 N–H and O–H groups in total. The van der Waals surface area contributed by atoms with Crippen LogP contribution in [0, 0.1) is 17.1 Å². The molecule has 2 aromatic rings. The molecule has 0 aliphatic carbocycles. The molecule has 0 saturated heterocycles. The van der Waals surface area contributed by atoms with Crippen LogP contribution in [0.3, 0.4) is 0 Å². The average molecular weight is 353 g/mol. The summed E-state index contributed by atoms with van der Waals surface area (Å²) in [7, 11) is -3.88. The third kappa shape index (κ3) is 4.29. The van der Waals surface area contributed by atoms with Crippen molar-refractivity contribution in [3.05, 3.63) is 64.9 Å². The van der Waals surface area contributed by atoms with E-state index in [0.717, 1.165) is 17.7 Å². The van der Waals surface area contributed by atoms with Gasteiger partial charge in [0.2, 0.25) is 10.0 Å². The molecule has 0 spiro atoms. The van der Waals surface area contributed by atoms with Gasteiger partial charge >= 0.3 is 0 Å². The van der Waals surface area contributed by atoms with Gasteiger partial charge in [-0.15, -0.1) is 0 Å². The van der Waals surface area contributed by atoms with Gasteiger partial charge in [0.05, 0.1) is 16.0 Å². The Morgan fingerprint density at radius 2 is 1.87 bits per heavy atom. The first-order valence-electron chi connectivity index (χ1n) is 6.81. The second-order valence-corrected chi connectivity index (χ2v) is 7.15. The van der Waals surface area contributed by atoms with E-state index in [2.05, 4.69) is 0 Å². The summed E-state index contributed by atoms with van der Waals surface area (Å²) in [6.07, 6.45) is 0.0565. The summed E-state index contributed by atoms with van der Waals surface area (Å²) >= 11 is 5.68. The summed E-state index contributed by atoms with van der Waals surface area (Å²) in [4.78, 5) is -0.0993. The molecule has 0 atom stereocenters. The van der Waals surface area contributed by atoms with Gasteiger partial charge in [-0.2, -0.15) is 9.57 Å². The molecule has 0 radical (unpaired) electrons. The van der Waals surface area contributed by atoms with Crippen molar-refractivity contribution in [2.45, 2.75) is 17.9 Å². The van der Waals surface area contributed by atoms with Crippen LogP contribution in [-0.2, 0) is 16.6 Å². The summed E-state index contributed by atoms with van der Waals surface area (Å²) in [5.74, 6) is -0.683. The van der Waals surface area contributed by atoms with Gasteiger partial charge in [-0.1, -0.05) is 41.9 Å². The molecular formula is C16H14ClFN2O2S. The Kier molecular flexibility index (Phi) is 5.72. The lowest BCUT2D eigenvalue weighted by Gasteiger charge is -2.21. The van der Waals surface area contributed by atoms with E-state index in [1.54, 1.807) is 24.3 Å². The Hall–Kier alpha value is -1.94. The molecule has 2 aromatic carbocycles. The van der Waals surface area contributed by atoms with E-state index in [1.807, 2.05) is 12.1 Å². The lowest BCUT2D eigenvalue weighted by molar-refractivity contribution is 0.413. The van der Waals surface area contributed by atoms with Gasteiger partial charge in [-0.05, 0) is 23.8 Å². The molecule has 0 bridgehead atoms. The summed E-state index contributed by atoms with van der Waals surface area (Å²) in [5.41, 5.74) is 0.794. The summed E-state index contributed by atoms with van der Waals surface area (Å²) < 4.78 is 39.9. The highest BCUT2D eigenvalue weighted by Crippen LogP contribution is 2.23. The first-order valence-corrected chi connectivity index (χ1v) is 8.63. The normalized spacial score (nSPS) is 11.4. The number of nitriles is 1. The first-order chi connectivity index (χ1) is 10.9. The van der Waals surface area contributed by atoms with Crippen molar-refractivity contribution < 1.29 is 12.8 Å². The fourth-order valence-corrected chi connectivity index (χ4v) is 3.73. The van der Waals surface area contributed by atoms with E-state index in [9.17, 15) is 12.8 Å². The van der Waals surface area contributed by atoms with Gasteiger partial charge in [0.25, 0.3) is 0 Å². The SMILES string of the molecule is N#CCCN(Cc1ccccc1)S(=O)(=O)c1ccc(F)c(Cl)c1. The van der Waals surface area contributed by atoms with E-state index in [0.29, 0.717) is 0 Å². The molecule has 0 aliphatic heterocycles. The van der Waals surface area contributed by atoms with Crippen molar-refractivity contribution in [3.8, 4) is 6.07 Å². The van der Waals surface area contributed by atoms with Gasteiger partial charge < -0.3 is 0 Å². The van der Waals surface area contributed by atoms with Gasteiger partial charge in [-0.3, -0.25) is 0 Å². The zero-order chi connectivity index (χ0) is 16.9. The average Bonchev–Trinajstić information content (AvgIpc) is 2.54. The standard InChI is InChI=1S/C16H14ClFN2O2S/c17-15-11-14(7-8-16(15)18)23(21,22)20(10-4-9-19)12-13-5-2-1-3-6-13/h1-3,5-8,11H,4,10,12H2. The fraction of sp³-hybridized carbons (Fsp3) is 0.188. The van der Waals surface area contributed by atoms with Crippen molar-refractivity contribution in [3.63, 3.8) is 0 Å². The number of rotatable bonds is 6. The molecule has 0 fully saturated rings. The summed E-state index contributed by atoms with van der Waals surface area (Å²) in [6, 6.07) is 14.2. The van der Waals surface area contributed by atoms with Crippen LogP contribution in [0.15, 0.2) is 53.4 Å². The van der Waals surface area contributed by atoms with Crippen molar-refractivity contribution in [2.75, 3.05) is 6.54 Å². The molecule has 0 amide bonds.